The Bertz CT molecular complexity index is 91.6. The molecule has 0 heterocycles. The van der Waals surface area contributed by atoms with Crippen LogP contribution in [0.5, 0.6) is 0 Å². The van der Waals surface area contributed by atoms with Crippen LogP contribution in [0.1, 0.15) is 34.1 Å². The molecule has 0 fully saturated rings. The molecule has 0 bridgehead atoms. The Labute approximate surface area is 69.6 Å². The van der Waals surface area contributed by atoms with Crippen molar-refractivity contribution in [1.29, 1.82) is 0 Å². The average molecular weight is 160 g/mol. The first kappa shape index (κ1) is 10.9. The van der Waals surface area contributed by atoms with Crippen molar-refractivity contribution in [2.24, 2.45) is 5.92 Å². The number of aliphatic hydroxyl groups excluding tert-OH is 1. The summed E-state index contributed by atoms with van der Waals surface area (Å²) in [5.74, 6) is 0.393. The highest BCUT2D eigenvalue weighted by molar-refractivity contribution is 4.70. The maximum atomic E-state index is 9.49. The Morgan fingerprint density at radius 2 is 1.82 bits per heavy atom. The van der Waals surface area contributed by atoms with E-state index in [9.17, 15) is 5.11 Å². The van der Waals surface area contributed by atoms with Crippen molar-refractivity contribution >= 4 is 0 Å². The van der Waals surface area contributed by atoms with Crippen molar-refractivity contribution in [3.8, 4) is 0 Å². The molecule has 0 aliphatic heterocycles. The summed E-state index contributed by atoms with van der Waals surface area (Å²) in [5, 5.41) is 9.49. The number of aliphatic hydroxyl groups is 1. The van der Waals surface area contributed by atoms with Crippen LogP contribution in [-0.4, -0.2) is 23.9 Å². The molecule has 0 aliphatic rings. The predicted octanol–water partition coefficient (Wildman–Crippen LogP) is 1.82. The molecule has 0 radical (unpaired) electrons. The van der Waals surface area contributed by atoms with Gasteiger partial charge in [0.15, 0.2) is 0 Å². The summed E-state index contributed by atoms with van der Waals surface area (Å²) in [5.41, 5.74) is 0. The highest BCUT2D eigenvalue weighted by Gasteiger charge is 2.20. The van der Waals surface area contributed by atoms with E-state index in [0.717, 1.165) is 6.42 Å². The van der Waals surface area contributed by atoms with Crippen LogP contribution in [0.2, 0.25) is 0 Å². The molecule has 0 amide bonds. The molecule has 0 aliphatic carbocycles. The first-order chi connectivity index (χ1) is 5.13. The molecule has 2 nitrogen and oxygen atoms in total. The van der Waals surface area contributed by atoms with E-state index in [4.69, 9.17) is 4.74 Å². The largest absolute Gasteiger partial charge is 0.390 e. The molecule has 11 heavy (non-hydrogen) atoms. The highest BCUT2D eigenvalue weighted by atomic mass is 16.5. The second-order valence-electron chi connectivity index (χ2n) is 3.14. The molecule has 0 saturated heterocycles. The van der Waals surface area contributed by atoms with E-state index >= 15 is 0 Å². The van der Waals surface area contributed by atoms with Gasteiger partial charge in [0.1, 0.15) is 0 Å². The second kappa shape index (κ2) is 5.56. The van der Waals surface area contributed by atoms with Gasteiger partial charge in [-0.2, -0.15) is 0 Å². The third kappa shape index (κ3) is 3.73. The molecule has 2 atom stereocenters. The normalized spacial score (nSPS) is 16.9. The van der Waals surface area contributed by atoms with Crippen molar-refractivity contribution in [1.82, 2.24) is 0 Å². The Morgan fingerprint density at radius 3 is 2.09 bits per heavy atom. The van der Waals surface area contributed by atoms with Gasteiger partial charge < -0.3 is 9.84 Å². The Balaban J connectivity index is 3.87. The molecular weight excluding hydrogens is 140 g/mol. The van der Waals surface area contributed by atoms with Gasteiger partial charge in [0.25, 0.3) is 0 Å². The van der Waals surface area contributed by atoms with Gasteiger partial charge >= 0.3 is 0 Å². The summed E-state index contributed by atoms with van der Waals surface area (Å²) in [6.07, 6.45) is 0.461. The van der Waals surface area contributed by atoms with E-state index in [1.165, 1.54) is 0 Å². The van der Waals surface area contributed by atoms with E-state index in [1.807, 2.05) is 13.8 Å². The summed E-state index contributed by atoms with van der Waals surface area (Å²) in [7, 11) is 0. The van der Waals surface area contributed by atoms with Crippen LogP contribution in [-0.2, 0) is 4.74 Å². The van der Waals surface area contributed by atoms with E-state index in [1.54, 1.807) is 0 Å². The number of rotatable bonds is 5. The van der Waals surface area contributed by atoms with Gasteiger partial charge in [-0.3, -0.25) is 0 Å². The Morgan fingerprint density at radius 1 is 1.27 bits per heavy atom. The van der Waals surface area contributed by atoms with Gasteiger partial charge in [-0.05, 0) is 19.3 Å². The van der Waals surface area contributed by atoms with Crippen LogP contribution in [0.25, 0.3) is 0 Å². The van der Waals surface area contributed by atoms with Gasteiger partial charge in [-0.25, -0.2) is 0 Å². The molecule has 0 rings (SSSR count). The third-order valence-electron chi connectivity index (χ3n) is 1.81. The van der Waals surface area contributed by atoms with Crippen LogP contribution < -0.4 is 0 Å². The van der Waals surface area contributed by atoms with Crippen molar-refractivity contribution in [3.63, 3.8) is 0 Å². The molecule has 0 unspecified atom stereocenters. The summed E-state index contributed by atoms with van der Waals surface area (Å²) in [4.78, 5) is 0. The zero-order chi connectivity index (χ0) is 8.85. The summed E-state index contributed by atoms with van der Waals surface area (Å²) >= 11 is 0. The lowest BCUT2D eigenvalue weighted by molar-refractivity contribution is -0.0577. The fraction of sp³-hybridized carbons (Fsp3) is 1.00. The lowest BCUT2D eigenvalue weighted by Gasteiger charge is -2.25. The quantitative estimate of drug-likeness (QED) is 0.664. The van der Waals surface area contributed by atoms with Gasteiger partial charge in [0.05, 0.1) is 12.2 Å². The summed E-state index contributed by atoms with van der Waals surface area (Å²) in [6.45, 7) is 8.75. The Kier molecular flexibility index (Phi) is 5.51. The second-order valence-corrected chi connectivity index (χ2v) is 3.14. The summed E-state index contributed by atoms with van der Waals surface area (Å²) < 4.78 is 5.41. The molecule has 0 aromatic heterocycles. The first-order valence-corrected chi connectivity index (χ1v) is 4.43. The van der Waals surface area contributed by atoms with Gasteiger partial charge in [-0.1, -0.05) is 20.8 Å². The maximum Gasteiger partial charge on any atom is 0.0856 e. The van der Waals surface area contributed by atoms with Crippen LogP contribution in [0.15, 0.2) is 0 Å². The number of ether oxygens (including phenoxy) is 1. The summed E-state index contributed by atoms with van der Waals surface area (Å²) in [6, 6.07) is 0. The molecular formula is C9H20O2. The lowest BCUT2D eigenvalue weighted by Crippen LogP contribution is -2.33. The highest BCUT2D eigenvalue weighted by Crippen LogP contribution is 2.13. The van der Waals surface area contributed by atoms with Crippen LogP contribution in [0.4, 0.5) is 0 Å². The standard InChI is InChI=1S/C9H20O2/c1-5-8(10)9(7(3)4)11-6-2/h7-10H,5-6H2,1-4H3/t8-,9-/m1/s1. The van der Waals surface area contributed by atoms with Gasteiger partial charge in [0.2, 0.25) is 0 Å². The minimum atomic E-state index is -0.310. The van der Waals surface area contributed by atoms with E-state index < -0.39 is 0 Å². The number of hydrogen-bond donors (Lipinski definition) is 1. The molecule has 68 valence electrons. The van der Waals surface area contributed by atoms with E-state index in [0.29, 0.717) is 12.5 Å². The van der Waals surface area contributed by atoms with Gasteiger partial charge in [0, 0.05) is 6.61 Å². The average Bonchev–Trinajstić information content (AvgIpc) is 1.98. The van der Waals surface area contributed by atoms with Crippen molar-refractivity contribution in [2.75, 3.05) is 6.61 Å². The fourth-order valence-electron chi connectivity index (χ4n) is 1.17. The molecule has 1 N–H and O–H groups in total. The minimum absolute atomic E-state index is 0.00463. The fourth-order valence-corrected chi connectivity index (χ4v) is 1.17. The molecule has 0 spiro atoms. The maximum absolute atomic E-state index is 9.49. The van der Waals surface area contributed by atoms with E-state index in [2.05, 4.69) is 13.8 Å². The van der Waals surface area contributed by atoms with Gasteiger partial charge in [-0.15, -0.1) is 0 Å². The van der Waals surface area contributed by atoms with Crippen molar-refractivity contribution in [2.45, 2.75) is 46.3 Å². The monoisotopic (exact) mass is 160 g/mol. The van der Waals surface area contributed by atoms with Crippen LogP contribution >= 0.6 is 0 Å². The first-order valence-electron chi connectivity index (χ1n) is 4.43. The Hall–Kier alpha value is -0.0800. The predicted molar refractivity (Wildman–Crippen MR) is 46.5 cm³/mol. The topological polar surface area (TPSA) is 29.5 Å². The van der Waals surface area contributed by atoms with E-state index in [-0.39, 0.29) is 12.2 Å². The third-order valence-corrected chi connectivity index (χ3v) is 1.81. The minimum Gasteiger partial charge on any atom is -0.390 e. The molecule has 0 aromatic rings. The SMILES string of the molecule is CCO[C@H](C(C)C)[C@H](O)CC. The lowest BCUT2D eigenvalue weighted by atomic mass is 10.00. The molecule has 2 heteroatoms. The zero-order valence-electron chi connectivity index (χ0n) is 8.00. The van der Waals surface area contributed by atoms with Crippen LogP contribution in [0, 0.1) is 5.92 Å². The van der Waals surface area contributed by atoms with Crippen molar-refractivity contribution < 1.29 is 9.84 Å². The molecule has 0 aromatic carbocycles. The smallest absolute Gasteiger partial charge is 0.0856 e. The van der Waals surface area contributed by atoms with Crippen molar-refractivity contribution in [3.05, 3.63) is 0 Å². The van der Waals surface area contributed by atoms with Crippen LogP contribution in [0.3, 0.4) is 0 Å². The number of hydrogen-bond acceptors (Lipinski definition) is 2. The zero-order valence-corrected chi connectivity index (χ0v) is 8.00. The molecule has 0 saturated carbocycles.